The van der Waals surface area contributed by atoms with Crippen LogP contribution >= 0.6 is 0 Å². The average Bonchev–Trinajstić information content (AvgIpc) is 3.28. The number of allylic oxidation sites excluding steroid dienone is 20. The van der Waals surface area contributed by atoms with E-state index in [1.54, 1.807) is 21.1 Å². The molecule has 0 aliphatic carbocycles. The quantitative estimate of drug-likeness (QED) is 0.0260. The van der Waals surface area contributed by atoms with E-state index in [0.29, 0.717) is 6.42 Å². The molecule has 0 heterocycles. The Bertz CT molecular complexity index is 1490. The Morgan fingerprint density at radius 1 is 0.455 bits per heavy atom. The summed E-state index contributed by atoms with van der Waals surface area (Å²) in [6.07, 6.45) is 66.5. The second-order valence-electron chi connectivity index (χ2n) is 17.6. The van der Waals surface area contributed by atoms with Crippen LogP contribution in [0.2, 0.25) is 0 Å². The van der Waals surface area contributed by atoms with Crippen molar-refractivity contribution in [2.24, 2.45) is 0 Å². The van der Waals surface area contributed by atoms with Gasteiger partial charge in [0.05, 0.1) is 40.3 Å². The van der Waals surface area contributed by atoms with E-state index in [-0.39, 0.29) is 49.1 Å². The molecule has 8 nitrogen and oxygen atoms in total. The second kappa shape index (κ2) is 47.2. The largest absolute Gasteiger partial charge is 0.544 e. The van der Waals surface area contributed by atoms with Crippen LogP contribution in [0.3, 0.4) is 0 Å². The molecule has 0 saturated carbocycles. The number of nitrogens with zero attached hydrogens (tertiary/aromatic N) is 1. The van der Waals surface area contributed by atoms with Crippen molar-refractivity contribution in [2.45, 2.75) is 187 Å². The molecule has 0 spiro atoms. The molecule has 0 amide bonds. The predicted octanol–water partition coefficient (Wildman–Crippen LogP) is 13.6. The third-order valence-corrected chi connectivity index (χ3v) is 10.6. The zero-order valence-electron chi connectivity index (χ0n) is 42.3. The van der Waals surface area contributed by atoms with Crippen molar-refractivity contribution in [3.63, 3.8) is 0 Å². The number of likely N-dealkylation sites (N-methyl/N-ethyl adjacent to an activating group) is 1. The number of unbranched alkanes of at least 4 members (excludes halogenated alkanes) is 10. The number of hydrogen-bond donors (Lipinski definition) is 0. The van der Waals surface area contributed by atoms with E-state index < -0.39 is 18.1 Å². The molecule has 2 atom stereocenters. The summed E-state index contributed by atoms with van der Waals surface area (Å²) in [5.74, 6) is -1.80. The number of aliphatic carboxylic acids is 1. The first-order chi connectivity index (χ1) is 32.1. The molecule has 0 saturated heterocycles. The van der Waals surface area contributed by atoms with Gasteiger partial charge in [0.15, 0.2) is 6.10 Å². The lowest BCUT2D eigenvalue weighted by Gasteiger charge is -2.34. The normalized spacial score (nSPS) is 13.9. The van der Waals surface area contributed by atoms with Crippen LogP contribution in [-0.4, -0.2) is 75.5 Å². The number of carbonyl (C=O) groups excluding carboxylic acids is 3. The molecule has 0 aromatic carbocycles. The number of ether oxygens (including phenoxy) is 3. The Morgan fingerprint density at radius 3 is 1.18 bits per heavy atom. The van der Waals surface area contributed by atoms with Gasteiger partial charge < -0.3 is 28.6 Å². The third-order valence-electron chi connectivity index (χ3n) is 10.6. The fourth-order valence-corrected chi connectivity index (χ4v) is 6.71. The average molecular weight is 916 g/mol. The molecule has 0 aromatic heterocycles. The smallest absolute Gasteiger partial charge is 0.306 e. The maximum atomic E-state index is 12.8. The van der Waals surface area contributed by atoms with Crippen molar-refractivity contribution < 1.29 is 38.2 Å². The Hall–Kier alpha value is -4.27. The molecule has 0 rings (SSSR count). The first kappa shape index (κ1) is 61.7. The van der Waals surface area contributed by atoms with Gasteiger partial charge in [-0.25, -0.2) is 0 Å². The van der Waals surface area contributed by atoms with Gasteiger partial charge in [-0.1, -0.05) is 174 Å². The fraction of sp³-hybridized carbons (Fsp3) is 0.603. The highest BCUT2D eigenvalue weighted by molar-refractivity contribution is 5.70. The first-order valence-electron chi connectivity index (χ1n) is 25.6. The number of carboxylic acids is 1. The molecule has 0 aromatic rings. The van der Waals surface area contributed by atoms with Gasteiger partial charge in [-0.05, 0) is 103 Å². The number of carboxylic acid groups (broad SMARTS) is 1. The topological polar surface area (TPSA) is 102 Å². The van der Waals surface area contributed by atoms with Crippen molar-refractivity contribution >= 4 is 17.9 Å². The van der Waals surface area contributed by atoms with Crippen LogP contribution in [0.4, 0.5) is 0 Å². The van der Waals surface area contributed by atoms with Gasteiger partial charge in [-0.2, -0.15) is 0 Å². The van der Waals surface area contributed by atoms with Crippen LogP contribution in [0.5, 0.6) is 0 Å². The van der Waals surface area contributed by atoms with Gasteiger partial charge in [0.25, 0.3) is 0 Å². The molecular weight excluding hydrogens is 823 g/mol. The molecule has 0 N–H and O–H groups in total. The SMILES string of the molecule is CC/C=C/C/C=C/C/C=C/C/C=C/C/C=C/C/C=C/CCCCCCC(=O)OC(COCCC(C(=O)[O-])[N+](C)(C)C)COC(=O)CCCCCCCC/C=C/C/C=C/C/C=C/C/C=C/CC. The standard InChI is InChI=1S/C58H93NO7/c1-6-8-10-12-14-16-18-20-22-24-26-27-28-29-31-33-35-37-39-41-43-45-47-49-57(61)66-54(52-64-51-50-55(58(62)63)59(3,4)5)53-65-56(60)48-46-44-42-40-38-36-34-32-30-25-23-21-19-17-15-13-11-9-7-2/h8-11,14-17,20-23,26-27,29-32,35,37,54-55H,6-7,12-13,18-19,24-25,28,33-34,36,38-53H2,1-5H3/b10-8+,11-9+,16-14+,17-15+,22-20+,23-21+,27-26+,31-29+,32-30+,37-35+. The van der Waals surface area contributed by atoms with Crippen LogP contribution in [0.1, 0.15) is 174 Å². The highest BCUT2D eigenvalue weighted by Gasteiger charge is 2.25. The van der Waals surface area contributed by atoms with Gasteiger partial charge in [-0.15, -0.1) is 0 Å². The molecule has 0 aliphatic rings. The van der Waals surface area contributed by atoms with E-state index in [2.05, 4.69) is 135 Å². The Balaban J connectivity index is 4.37. The van der Waals surface area contributed by atoms with E-state index in [9.17, 15) is 19.5 Å². The zero-order chi connectivity index (χ0) is 48.4. The molecule has 8 heteroatoms. The number of esters is 2. The Kier molecular flexibility index (Phi) is 44.2. The van der Waals surface area contributed by atoms with E-state index in [4.69, 9.17) is 14.2 Å². The van der Waals surface area contributed by atoms with E-state index in [1.165, 1.54) is 12.8 Å². The maximum Gasteiger partial charge on any atom is 0.306 e. The van der Waals surface area contributed by atoms with Gasteiger partial charge in [0, 0.05) is 19.3 Å². The van der Waals surface area contributed by atoms with Gasteiger partial charge in [0.2, 0.25) is 0 Å². The van der Waals surface area contributed by atoms with Crippen LogP contribution in [0.15, 0.2) is 122 Å². The summed E-state index contributed by atoms with van der Waals surface area (Å²) in [5, 5.41) is 11.7. The first-order valence-corrected chi connectivity index (χ1v) is 25.6. The Labute approximate surface area is 403 Å². The lowest BCUT2D eigenvalue weighted by molar-refractivity contribution is -0.889. The third kappa shape index (κ3) is 44.9. The van der Waals surface area contributed by atoms with Crippen molar-refractivity contribution in [3.8, 4) is 0 Å². The maximum absolute atomic E-state index is 12.8. The summed E-state index contributed by atoms with van der Waals surface area (Å²) in [4.78, 5) is 37.1. The summed E-state index contributed by atoms with van der Waals surface area (Å²) < 4.78 is 17.2. The van der Waals surface area contributed by atoms with Crippen LogP contribution in [0.25, 0.3) is 0 Å². The van der Waals surface area contributed by atoms with Crippen LogP contribution in [0, 0.1) is 0 Å². The van der Waals surface area contributed by atoms with E-state index in [1.807, 2.05) is 0 Å². The minimum absolute atomic E-state index is 0.0167. The number of quaternary nitrogens is 1. The minimum atomic E-state index is -1.14. The monoisotopic (exact) mass is 916 g/mol. The summed E-state index contributed by atoms with van der Waals surface area (Å²) in [5.41, 5.74) is 0. The molecule has 66 heavy (non-hydrogen) atoms. The minimum Gasteiger partial charge on any atom is -0.544 e. The van der Waals surface area contributed by atoms with E-state index in [0.717, 1.165) is 128 Å². The molecule has 2 unspecified atom stereocenters. The van der Waals surface area contributed by atoms with Crippen molar-refractivity contribution in [1.82, 2.24) is 0 Å². The van der Waals surface area contributed by atoms with Gasteiger partial charge >= 0.3 is 11.9 Å². The van der Waals surface area contributed by atoms with Gasteiger partial charge in [-0.3, -0.25) is 9.59 Å². The van der Waals surface area contributed by atoms with Crippen molar-refractivity contribution in [2.75, 3.05) is 41.0 Å². The summed E-state index contributed by atoms with van der Waals surface area (Å²) in [6, 6.07) is -0.742. The lowest BCUT2D eigenvalue weighted by Crippen LogP contribution is -2.55. The summed E-state index contributed by atoms with van der Waals surface area (Å²) in [7, 11) is 5.39. The van der Waals surface area contributed by atoms with Crippen molar-refractivity contribution in [1.29, 1.82) is 0 Å². The molecule has 372 valence electrons. The Morgan fingerprint density at radius 2 is 0.803 bits per heavy atom. The van der Waals surface area contributed by atoms with Crippen LogP contribution < -0.4 is 5.11 Å². The highest BCUT2D eigenvalue weighted by Crippen LogP contribution is 2.13. The number of carbonyl (C=O) groups is 3. The summed E-state index contributed by atoms with van der Waals surface area (Å²) in [6.45, 7) is 4.38. The molecule has 0 aliphatic heterocycles. The molecule has 0 bridgehead atoms. The zero-order valence-corrected chi connectivity index (χ0v) is 42.3. The lowest BCUT2D eigenvalue weighted by atomic mass is 10.1. The fourth-order valence-electron chi connectivity index (χ4n) is 6.71. The number of hydrogen-bond acceptors (Lipinski definition) is 7. The molecule has 0 radical (unpaired) electrons. The molecular formula is C58H93NO7. The predicted molar refractivity (Wildman–Crippen MR) is 277 cm³/mol. The van der Waals surface area contributed by atoms with Gasteiger partial charge in [0.1, 0.15) is 12.6 Å². The number of rotatable bonds is 44. The molecule has 0 fully saturated rings. The summed E-state index contributed by atoms with van der Waals surface area (Å²) >= 11 is 0. The van der Waals surface area contributed by atoms with E-state index >= 15 is 0 Å². The van der Waals surface area contributed by atoms with Crippen LogP contribution in [-0.2, 0) is 28.6 Å². The highest BCUT2D eigenvalue weighted by atomic mass is 16.6. The van der Waals surface area contributed by atoms with Crippen molar-refractivity contribution in [3.05, 3.63) is 122 Å². The second-order valence-corrected chi connectivity index (χ2v) is 17.6.